The number of rotatable bonds is 10. The Kier molecular flexibility index (Phi) is 12.8. The first kappa shape index (κ1) is 37.0. The Balaban J connectivity index is 1.41. The van der Waals surface area contributed by atoms with E-state index in [1.54, 1.807) is 0 Å². The van der Waals surface area contributed by atoms with Crippen LogP contribution in [-0.2, 0) is 33.2 Å². The Labute approximate surface area is 254 Å². The van der Waals surface area contributed by atoms with Crippen LogP contribution in [0.25, 0.3) is 0 Å². The summed E-state index contributed by atoms with van der Waals surface area (Å²) in [6.07, 6.45) is -35.0. The molecule has 0 aromatic heterocycles. The van der Waals surface area contributed by atoms with Crippen LogP contribution in [0.3, 0.4) is 0 Å². The van der Waals surface area contributed by atoms with E-state index in [2.05, 4.69) is 0 Å². The molecule has 4 aliphatic heterocycles. The Hall–Kier alpha value is -0.840. The van der Waals surface area contributed by atoms with Crippen molar-refractivity contribution < 1.29 is 105 Å². The van der Waals surface area contributed by atoms with E-state index in [9.17, 15) is 71.5 Å². The maximum Gasteiger partial charge on any atom is 0.187 e. The molecular weight excluding hydrogens is 624 g/mol. The molecule has 0 spiro atoms. The standard InChI is InChI=1S/C24H42O21/c25-1-5-9(28)11(30)16(35)22(41-5)39-4-8-10(29)12(31)17(36)23(43-8)45-20-7(3-27)42-24(18(37)14(20)33)44-19-6(2-26)40-21(38)15(34)13(19)32/h5-38H,1-4H2/t5-,6-,7-,8-,9-,10-,11+,12+,13-,14-,15-,16-,17-,18-,19-,20-,21+,22-,23+,24+/m1/s1. The van der Waals surface area contributed by atoms with Gasteiger partial charge in [-0.2, -0.15) is 0 Å². The van der Waals surface area contributed by atoms with Gasteiger partial charge in [0.15, 0.2) is 25.2 Å². The molecule has 0 aromatic carbocycles. The van der Waals surface area contributed by atoms with Gasteiger partial charge in [0.25, 0.3) is 0 Å². The van der Waals surface area contributed by atoms with E-state index >= 15 is 0 Å². The van der Waals surface area contributed by atoms with Crippen LogP contribution in [0.5, 0.6) is 0 Å². The van der Waals surface area contributed by atoms with Gasteiger partial charge >= 0.3 is 0 Å². The van der Waals surface area contributed by atoms with Crippen molar-refractivity contribution in [1.29, 1.82) is 0 Å². The van der Waals surface area contributed by atoms with E-state index in [4.69, 9.17) is 33.2 Å². The number of ether oxygens (including phenoxy) is 7. The quantitative estimate of drug-likeness (QED) is 0.103. The lowest BCUT2D eigenvalue weighted by Gasteiger charge is -2.48. The second kappa shape index (κ2) is 15.6. The smallest absolute Gasteiger partial charge is 0.187 e. The van der Waals surface area contributed by atoms with Gasteiger partial charge in [-0.3, -0.25) is 0 Å². The summed E-state index contributed by atoms with van der Waals surface area (Å²) >= 11 is 0. The first-order chi connectivity index (χ1) is 21.2. The normalized spacial score (nSPS) is 52.9. The minimum Gasteiger partial charge on any atom is -0.394 e. The van der Waals surface area contributed by atoms with Crippen molar-refractivity contribution in [2.24, 2.45) is 0 Å². The maximum absolute atomic E-state index is 10.9. The topological polar surface area (TPSA) is 348 Å². The lowest BCUT2D eigenvalue weighted by molar-refractivity contribution is -0.380. The zero-order valence-corrected chi connectivity index (χ0v) is 23.5. The van der Waals surface area contributed by atoms with Gasteiger partial charge in [-0.15, -0.1) is 0 Å². The molecule has 0 aromatic rings. The predicted octanol–water partition coefficient (Wildman–Crippen LogP) is -9.75. The van der Waals surface area contributed by atoms with Gasteiger partial charge in [0.05, 0.1) is 26.4 Å². The average molecular weight is 667 g/mol. The van der Waals surface area contributed by atoms with Crippen LogP contribution in [0, 0.1) is 0 Å². The van der Waals surface area contributed by atoms with E-state index in [0.717, 1.165) is 0 Å². The molecule has 4 fully saturated rings. The van der Waals surface area contributed by atoms with Crippen LogP contribution >= 0.6 is 0 Å². The summed E-state index contributed by atoms with van der Waals surface area (Å²) in [7, 11) is 0. The minimum absolute atomic E-state index is 0.683. The van der Waals surface area contributed by atoms with Gasteiger partial charge in [-0.05, 0) is 0 Å². The van der Waals surface area contributed by atoms with Crippen molar-refractivity contribution in [3.63, 3.8) is 0 Å². The third kappa shape index (κ3) is 7.59. The van der Waals surface area contributed by atoms with Gasteiger partial charge in [0.2, 0.25) is 0 Å². The highest BCUT2D eigenvalue weighted by atomic mass is 16.8. The summed E-state index contributed by atoms with van der Waals surface area (Å²) in [4.78, 5) is 0. The van der Waals surface area contributed by atoms with Crippen LogP contribution in [0.4, 0.5) is 0 Å². The molecule has 21 nitrogen and oxygen atoms in total. The highest BCUT2D eigenvalue weighted by Crippen LogP contribution is 2.32. The van der Waals surface area contributed by atoms with Crippen LogP contribution in [0.2, 0.25) is 0 Å². The summed E-state index contributed by atoms with van der Waals surface area (Å²) in [5.41, 5.74) is 0. The summed E-state index contributed by atoms with van der Waals surface area (Å²) in [5.74, 6) is 0. The molecule has 14 N–H and O–H groups in total. The molecule has 0 aliphatic carbocycles. The Bertz CT molecular complexity index is 912. The Morgan fingerprint density at radius 2 is 0.778 bits per heavy atom. The fraction of sp³-hybridized carbons (Fsp3) is 1.00. The fourth-order valence-corrected chi connectivity index (χ4v) is 5.44. The summed E-state index contributed by atoms with van der Waals surface area (Å²) in [6.45, 7) is -3.14. The number of hydrogen-bond acceptors (Lipinski definition) is 21. The zero-order chi connectivity index (χ0) is 33.3. The SMILES string of the molecule is OC[C@H]1O[C@@H](OC[C@H]2O[C@@H](O[C@H]3[C@H](O)[C@@H](O)[C@H](O[C@H]4[C@H](O)[C@@H](O)[C@@H](O)O[C@@H]4CO)O[C@@H]3CO)[C@H](O)[C@@H](O)[C@@H]2O)[C@H](O)[C@@H](O)[C@@H]1O. The maximum atomic E-state index is 10.9. The zero-order valence-electron chi connectivity index (χ0n) is 23.5. The van der Waals surface area contributed by atoms with E-state index in [-0.39, 0.29) is 0 Å². The van der Waals surface area contributed by atoms with Crippen LogP contribution in [0.1, 0.15) is 0 Å². The first-order valence-electron chi connectivity index (χ1n) is 14.1. The lowest BCUT2D eigenvalue weighted by Crippen LogP contribution is -2.66. The van der Waals surface area contributed by atoms with E-state index in [0.29, 0.717) is 0 Å². The first-order valence-corrected chi connectivity index (χ1v) is 14.1. The van der Waals surface area contributed by atoms with Gasteiger partial charge in [-0.25, -0.2) is 0 Å². The van der Waals surface area contributed by atoms with Gasteiger partial charge in [0.1, 0.15) is 97.7 Å². The van der Waals surface area contributed by atoms with Crippen molar-refractivity contribution in [2.45, 2.75) is 123 Å². The summed E-state index contributed by atoms with van der Waals surface area (Å²) < 4.78 is 37.5. The molecule has 4 heterocycles. The monoisotopic (exact) mass is 666 g/mol. The minimum atomic E-state index is -2.00. The van der Waals surface area contributed by atoms with E-state index in [1.165, 1.54) is 0 Å². The second-order valence-corrected chi connectivity index (χ2v) is 11.2. The second-order valence-electron chi connectivity index (χ2n) is 11.2. The van der Waals surface area contributed by atoms with E-state index in [1.807, 2.05) is 0 Å². The van der Waals surface area contributed by atoms with Crippen molar-refractivity contribution in [2.75, 3.05) is 26.4 Å². The molecule has 0 radical (unpaired) electrons. The highest BCUT2D eigenvalue weighted by Gasteiger charge is 2.53. The highest BCUT2D eigenvalue weighted by molar-refractivity contribution is 4.96. The third-order valence-corrected chi connectivity index (χ3v) is 8.18. The number of aliphatic hydroxyl groups excluding tert-OH is 14. The Morgan fingerprint density at radius 3 is 1.31 bits per heavy atom. The summed E-state index contributed by atoms with van der Waals surface area (Å²) in [5, 5.41) is 142. The van der Waals surface area contributed by atoms with Gasteiger partial charge in [-0.1, -0.05) is 0 Å². The molecule has 21 heteroatoms. The largest absolute Gasteiger partial charge is 0.394 e. The molecule has 20 atom stereocenters. The molecule has 0 unspecified atom stereocenters. The molecule has 4 saturated heterocycles. The lowest BCUT2D eigenvalue weighted by atomic mass is 9.96. The average Bonchev–Trinajstić information content (AvgIpc) is 3.03. The predicted molar refractivity (Wildman–Crippen MR) is 134 cm³/mol. The van der Waals surface area contributed by atoms with Crippen LogP contribution < -0.4 is 0 Å². The van der Waals surface area contributed by atoms with Crippen molar-refractivity contribution in [1.82, 2.24) is 0 Å². The molecule has 0 amide bonds. The molecule has 4 aliphatic rings. The van der Waals surface area contributed by atoms with Crippen molar-refractivity contribution >= 4 is 0 Å². The van der Waals surface area contributed by atoms with Gasteiger partial charge < -0.3 is 105 Å². The van der Waals surface area contributed by atoms with Gasteiger partial charge in [0, 0.05) is 0 Å². The fourth-order valence-electron chi connectivity index (χ4n) is 5.44. The van der Waals surface area contributed by atoms with Crippen molar-refractivity contribution in [3.05, 3.63) is 0 Å². The van der Waals surface area contributed by atoms with E-state index < -0.39 is 149 Å². The Morgan fingerprint density at radius 1 is 0.378 bits per heavy atom. The summed E-state index contributed by atoms with van der Waals surface area (Å²) in [6, 6.07) is 0. The molecule has 264 valence electrons. The molecule has 0 bridgehead atoms. The number of aliphatic hydroxyl groups is 14. The molecule has 0 saturated carbocycles. The van der Waals surface area contributed by atoms with Crippen molar-refractivity contribution in [3.8, 4) is 0 Å². The molecule has 4 rings (SSSR count). The van der Waals surface area contributed by atoms with Crippen LogP contribution in [0.15, 0.2) is 0 Å². The molecule has 45 heavy (non-hydrogen) atoms. The molecular formula is C24H42O21. The number of hydrogen-bond donors (Lipinski definition) is 14. The third-order valence-electron chi connectivity index (χ3n) is 8.18. The van der Waals surface area contributed by atoms with Crippen LogP contribution in [-0.4, -0.2) is 221 Å².